The van der Waals surface area contributed by atoms with Gasteiger partial charge in [-0.1, -0.05) is 36.8 Å². The van der Waals surface area contributed by atoms with Gasteiger partial charge in [-0.15, -0.1) is 12.4 Å². The number of carbonyl (C=O) groups is 1. The monoisotopic (exact) mass is 484 g/mol. The zero-order valence-electron chi connectivity index (χ0n) is 20.3. The second-order valence-corrected chi connectivity index (χ2v) is 9.49. The molecule has 184 valence electrons. The first-order valence-corrected chi connectivity index (χ1v) is 12.3. The number of benzene rings is 1. The topological polar surface area (TPSA) is 58.8 Å². The summed E-state index contributed by atoms with van der Waals surface area (Å²) >= 11 is 0. The Morgan fingerprint density at radius 3 is 2.47 bits per heavy atom. The maximum atomic E-state index is 13.4. The number of likely N-dealkylation sites (tertiary alicyclic amines) is 1. The molecule has 1 N–H and O–H groups in total. The van der Waals surface area contributed by atoms with Crippen LogP contribution in [0.4, 0.5) is 0 Å². The van der Waals surface area contributed by atoms with E-state index in [1.54, 1.807) is 4.57 Å². The summed E-state index contributed by atoms with van der Waals surface area (Å²) in [4.78, 5) is 28.5. The van der Waals surface area contributed by atoms with Gasteiger partial charge in [0.05, 0.1) is 5.69 Å². The number of unbranched alkanes of at least 4 members (excludes halogenated alkanes) is 1. The van der Waals surface area contributed by atoms with Crippen LogP contribution in [0.1, 0.15) is 51.5 Å². The summed E-state index contributed by atoms with van der Waals surface area (Å²) in [6, 6.07) is 11.8. The molecule has 1 saturated heterocycles. The Hall–Kier alpha value is -2.57. The van der Waals surface area contributed by atoms with E-state index < -0.39 is 0 Å². The van der Waals surface area contributed by atoms with E-state index in [9.17, 15) is 9.59 Å². The molecule has 1 fully saturated rings. The van der Waals surface area contributed by atoms with Gasteiger partial charge in [0.15, 0.2) is 0 Å². The third kappa shape index (κ3) is 6.51. The van der Waals surface area contributed by atoms with E-state index in [1.807, 2.05) is 60.8 Å². The van der Waals surface area contributed by atoms with E-state index >= 15 is 0 Å². The van der Waals surface area contributed by atoms with Crippen LogP contribution in [0.2, 0.25) is 0 Å². The Labute approximate surface area is 208 Å². The van der Waals surface area contributed by atoms with Gasteiger partial charge in [-0.2, -0.15) is 0 Å². The van der Waals surface area contributed by atoms with Crippen molar-refractivity contribution in [3.8, 4) is 11.3 Å². The van der Waals surface area contributed by atoms with Gasteiger partial charge in [-0.3, -0.25) is 14.2 Å². The molecule has 0 unspecified atom stereocenters. The van der Waals surface area contributed by atoms with Gasteiger partial charge in [0, 0.05) is 18.4 Å². The number of rotatable bonds is 9. The molecule has 0 atom stereocenters. The number of aromatic nitrogens is 2. The van der Waals surface area contributed by atoms with Crippen LogP contribution in [0.25, 0.3) is 16.8 Å². The molecule has 7 heteroatoms. The highest BCUT2D eigenvalue weighted by Crippen LogP contribution is 2.20. The molecule has 3 aromatic rings. The Kier molecular flexibility index (Phi) is 9.36. The van der Waals surface area contributed by atoms with E-state index in [-0.39, 0.29) is 36.5 Å². The lowest BCUT2D eigenvalue weighted by Crippen LogP contribution is -2.36. The van der Waals surface area contributed by atoms with Gasteiger partial charge in [0.25, 0.3) is 5.56 Å². The van der Waals surface area contributed by atoms with Crippen LogP contribution in [0, 0.1) is 0 Å². The fourth-order valence-electron chi connectivity index (χ4n) is 4.76. The van der Waals surface area contributed by atoms with E-state index in [4.69, 9.17) is 0 Å². The molecule has 0 radical (unpaired) electrons. The minimum atomic E-state index is -0.155. The van der Waals surface area contributed by atoms with Crippen molar-refractivity contribution in [2.75, 3.05) is 19.6 Å². The summed E-state index contributed by atoms with van der Waals surface area (Å²) in [5, 5.41) is 2.90. The van der Waals surface area contributed by atoms with Crippen molar-refractivity contribution in [3.05, 3.63) is 64.7 Å². The van der Waals surface area contributed by atoms with Crippen LogP contribution < -0.4 is 10.9 Å². The highest BCUT2D eigenvalue weighted by molar-refractivity contribution is 5.85. The predicted octanol–water partition coefficient (Wildman–Crippen LogP) is 4.52. The summed E-state index contributed by atoms with van der Waals surface area (Å²) < 4.78 is 3.53. The molecule has 2 aromatic heterocycles. The molecule has 0 saturated carbocycles. The highest BCUT2D eigenvalue weighted by atomic mass is 35.5. The third-order valence-corrected chi connectivity index (χ3v) is 6.38. The molecule has 1 aromatic carbocycles. The van der Waals surface area contributed by atoms with Crippen LogP contribution in [-0.4, -0.2) is 45.5 Å². The second kappa shape index (κ2) is 12.2. The Morgan fingerprint density at radius 2 is 1.76 bits per heavy atom. The Bertz CT molecular complexity index is 1130. The number of nitrogens with one attached hydrogen (secondary N) is 1. The number of amides is 1. The molecule has 0 aliphatic carbocycles. The quantitative estimate of drug-likeness (QED) is 0.454. The third-order valence-electron chi connectivity index (χ3n) is 6.38. The lowest BCUT2D eigenvalue weighted by Gasteiger charge is -2.26. The summed E-state index contributed by atoms with van der Waals surface area (Å²) in [5.41, 5.74) is 3.34. The molecular formula is C27H37ClN4O2. The van der Waals surface area contributed by atoms with Gasteiger partial charge in [-0.05, 0) is 82.8 Å². The molecule has 0 spiro atoms. The van der Waals surface area contributed by atoms with E-state index in [0.29, 0.717) is 5.52 Å². The first kappa shape index (κ1) is 26.0. The number of hydrogen-bond donors (Lipinski definition) is 1. The van der Waals surface area contributed by atoms with E-state index in [2.05, 4.69) is 16.4 Å². The van der Waals surface area contributed by atoms with Crippen LogP contribution in [0.5, 0.6) is 0 Å². The fraction of sp³-hybridized carbons (Fsp3) is 0.481. The van der Waals surface area contributed by atoms with Gasteiger partial charge < -0.3 is 14.6 Å². The molecule has 3 heterocycles. The lowest BCUT2D eigenvalue weighted by atomic mass is 10.1. The Balaban J connectivity index is 0.00000324. The molecule has 34 heavy (non-hydrogen) atoms. The molecule has 1 aliphatic rings. The maximum absolute atomic E-state index is 13.4. The standard InChI is InChI=1S/C27H36N4O2.ClH/c1-21(2)28-26(32)20-31-25(23-12-5-3-6-13-23)19-30-18-22(17-24(30)27(31)33)11-7-10-16-29-14-8-4-9-15-29;/h3,5-6,12-13,17-19,21H,4,7-11,14-16,20H2,1-2H3,(H,28,32);1H. The van der Waals surface area contributed by atoms with Crippen molar-refractivity contribution in [2.24, 2.45) is 0 Å². The molecule has 4 rings (SSSR count). The SMILES string of the molecule is CC(C)NC(=O)Cn1c(-c2ccccc2)cn2cc(CCCCN3CCCCC3)cc2c1=O.Cl. The van der Waals surface area contributed by atoms with Crippen molar-refractivity contribution >= 4 is 23.8 Å². The van der Waals surface area contributed by atoms with Crippen LogP contribution in [0.15, 0.2) is 53.6 Å². The minimum Gasteiger partial charge on any atom is -0.352 e. The van der Waals surface area contributed by atoms with E-state index in [1.165, 1.54) is 50.9 Å². The smallest absolute Gasteiger partial charge is 0.275 e. The molecule has 0 bridgehead atoms. The molecular weight excluding hydrogens is 448 g/mol. The van der Waals surface area contributed by atoms with Crippen molar-refractivity contribution in [1.82, 2.24) is 19.2 Å². The van der Waals surface area contributed by atoms with Crippen LogP contribution in [0.3, 0.4) is 0 Å². The van der Waals surface area contributed by atoms with Gasteiger partial charge in [-0.25, -0.2) is 0 Å². The van der Waals surface area contributed by atoms with Crippen molar-refractivity contribution in [2.45, 2.75) is 65.0 Å². The second-order valence-electron chi connectivity index (χ2n) is 9.49. The maximum Gasteiger partial charge on any atom is 0.275 e. The van der Waals surface area contributed by atoms with Crippen molar-refractivity contribution in [3.63, 3.8) is 0 Å². The summed E-state index contributed by atoms with van der Waals surface area (Å²) in [5.74, 6) is -0.155. The van der Waals surface area contributed by atoms with Crippen molar-refractivity contribution < 1.29 is 4.79 Å². The number of fused-ring (bicyclic) bond motifs is 1. The molecule has 1 amide bonds. The van der Waals surface area contributed by atoms with E-state index in [0.717, 1.165) is 24.1 Å². The number of piperidine rings is 1. The zero-order valence-corrected chi connectivity index (χ0v) is 21.2. The summed E-state index contributed by atoms with van der Waals surface area (Å²) in [6.07, 6.45) is 11.3. The molecule has 1 aliphatic heterocycles. The number of hydrogen-bond acceptors (Lipinski definition) is 3. The number of carbonyl (C=O) groups excluding carboxylic acids is 1. The first-order valence-electron chi connectivity index (χ1n) is 12.3. The normalized spacial score (nSPS) is 14.3. The Morgan fingerprint density at radius 1 is 1.03 bits per heavy atom. The fourth-order valence-corrected chi connectivity index (χ4v) is 4.76. The number of aryl methyl sites for hydroxylation is 1. The number of halogens is 1. The highest BCUT2D eigenvalue weighted by Gasteiger charge is 2.16. The van der Waals surface area contributed by atoms with Crippen molar-refractivity contribution in [1.29, 1.82) is 0 Å². The minimum absolute atomic E-state index is 0. The number of nitrogens with zero attached hydrogens (tertiary/aromatic N) is 3. The zero-order chi connectivity index (χ0) is 23.2. The largest absolute Gasteiger partial charge is 0.352 e. The van der Waals surface area contributed by atoms with Gasteiger partial charge in [0.1, 0.15) is 12.1 Å². The lowest BCUT2D eigenvalue weighted by molar-refractivity contribution is -0.122. The van der Waals surface area contributed by atoms with Crippen LogP contribution >= 0.6 is 12.4 Å². The average Bonchev–Trinajstić information content (AvgIpc) is 3.22. The van der Waals surface area contributed by atoms with Gasteiger partial charge >= 0.3 is 0 Å². The van der Waals surface area contributed by atoms with Crippen LogP contribution in [-0.2, 0) is 17.8 Å². The summed E-state index contributed by atoms with van der Waals surface area (Å²) in [6.45, 7) is 7.50. The predicted molar refractivity (Wildman–Crippen MR) is 141 cm³/mol. The first-order chi connectivity index (χ1) is 16.0. The average molecular weight is 485 g/mol. The van der Waals surface area contributed by atoms with Gasteiger partial charge in [0.2, 0.25) is 5.91 Å². The summed E-state index contributed by atoms with van der Waals surface area (Å²) in [7, 11) is 0. The molecule has 6 nitrogen and oxygen atoms in total.